The number of amides is 1. The molecule has 1 aromatic carbocycles. The summed E-state index contributed by atoms with van der Waals surface area (Å²) in [6.07, 6.45) is 3.00. The van der Waals surface area contributed by atoms with Crippen LogP contribution in [-0.4, -0.2) is 55.0 Å². The predicted molar refractivity (Wildman–Crippen MR) is 130 cm³/mol. The van der Waals surface area contributed by atoms with Crippen LogP contribution in [0.2, 0.25) is 0 Å². The molecule has 0 radical (unpaired) electrons. The minimum Gasteiger partial charge on any atom is -0.497 e. The molecule has 2 aromatic rings. The Morgan fingerprint density at radius 1 is 1.12 bits per heavy atom. The average molecular weight is 475 g/mol. The van der Waals surface area contributed by atoms with E-state index in [0.717, 1.165) is 40.2 Å². The summed E-state index contributed by atoms with van der Waals surface area (Å²) in [5, 5.41) is 10.8. The topological polar surface area (TPSA) is 106 Å². The van der Waals surface area contributed by atoms with Gasteiger partial charge in [-0.2, -0.15) is 0 Å². The molecule has 0 saturated carbocycles. The van der Waals surface area contributed by atoms with Crippen molar-refractivity contribution in [2.45, 2.75) is 45.2 Å². The predicted octanol–water partition coefficient (Wildman–Crippen LogP) is 2.40. The summed E-state index contributed by atoms with van der Waals surface area (Å²) < 4.78 is 7.07. The van der Waals surface area contributed by atoms with Crippen molar-refractivity contribution in [2.75, 3.05) is 12.9 Å². The Morgan fingerprint density at radius 2 is 1.73 bits per heavy atom. The van der Waals surface area contributed by atoms with Crippen molar-refractivity contribution < 1.29 is 14.6 Å². The molecule has 1 saturated heterocycles. The van der Waals surface area contributed by atoms with E-state index in [9.17, 15) is 19.5 Å². The van der Waals surface area contributed by atoms with Crippen LogP contribution in [-0.2, 0) is 18.9 Å². The average Bonchev–Trinajstić information content (AvgIpc) is 2.80. The molecule has 178 valence electrons. The van der Waals surface area contributed by atoms with E-state index in [4.69, 9.17) is 4.74 Å². The van der Waals surface area contributed by atoms with Gasteiger partial charge in [-0.15, -0.1) is 0 Å². The molecule has 2 atom stereocenters. The van der Waals surface area contributed by atoms with E-state index in [1.165, 1.54) is 14.1 Å². The van der Waals surface area contributed by atoms with E-state index >= 15 is 0 Å². The molecule has 1 amide bonds. The summed E-state index contributed by atoms with van der Waals surface area (Å²) in [4.78, 5) is 44.7. The maximum atomic E-state index is 13.1. The highest BCUT2D eigenvalue weighted by Gasteiger charge is 2.30. The minimum atomic E-state index is -0.678. The van der Waals surface area contributed by atoms with E-state index in [-0.39, 0.29) is 34.4 Å². The highest BCUT2D eigenvalue weighted by Crippen LogP contribution is 2.27. The van der Waals surface area contributed by atoms with Crippen molar-refractivity contribution in [2.24, 2.45) is 19.1 Å². The van der Waals surface area contributed by atoms with E-state index in [0.29, 0.717) is 11.4 Å². The second-order valence-electron chi connectivity index (χ2n) is 8.24. The fraction of sp³-hybridized carbons (Fsp3) is 0.478. The molecule has 0 aliphatic carbocycles. The van der Waals surface area contributed by atoms with Gasteiger partial charge < -0.3 is 14.7 Å². The SMILES string of the molecule is COc1ccc(N=C(SCC(=O)N2C(C)CCCC2C)c2c(O)n(C)c(=O)n(C)c2=O)cc1. The number of carbonyl (C=O) groups is 1. The van der Waals surface area contributed by atoms with Crippen LogP contribution in [0.25, 0.3) is 0 Å². The van der Waals surface area contributed by atoms with Crippen LogP contribution < -0.4 is 16.0 Å². The molecular weight excluding hydrogens is 444 g/mol. The molecule has 9 nitrogen and oxygen atoms in total. The number of methoxy groups -OCH3 is 1. The van der Waals surface area contributed by atoms with Gasteiger partial charge in [0.2, 0.25) is 11.8 Å². The number of carbonyl (C=O) groups excluding carboxylic acids is 1. The summed E-state index contributed by atoms with van der Waals surface area (Å²) >= 11 is 1.08. The number of rotatable bonds is 5. The normalized spacial score (nSPS) is 18.9. The third-order valence-corrected chi connectivity index (χ3v) is 6.92. The number of thioether (sulfide) groups is 1. The molecule has 10 heteroatoms. The van der Waals surface area contributed by atoms with Gasteiger partial charge in [-0.05, 0) is 57.4 Å². The van der Waals surface area contributed by atoms with Crippen molar-refractivity contribution in [3.05, 3.63) is 50.7 Å². The van der Waals surface area contributed by atoms with Gasteiger partial charge in [0.25, 0.3) is 5.56 Å². The fourth-order valence-electron chi connectivity index (χ4n) is 4.07. The summed E-state index contributed by atoms with van der Waals surface area (Å²) in [5.74, 6) is 0.153. The Bertz CT molecular complexity index is 1160. The third kappa shape index (κ3) is 5.16. The van der Waals surface area contributed by atoms with Gasteiger partial charge in [-0.1, -0.05) is 11.8 Å². The van der Waals surface area contributed by atoms with E-state index < -0.39 is 17.1 Å². The van der Waals surface area contributed by atoms with Gasteiger partial charge in [-0.25, -0.2) is 9.79 Å². The first-order valence-corrected chi connectivity index (χ1v) is 11.8. The first-order valence-electron chi connectivity index (χ1n) is 10.8. The molecule has 1 N–H and O–H groups in total. The molecular formula is C23H30N4O5S. The number of likely N-dealkylation sites (tertiary alicyclic amines) is 1. The fourth-order valence-corrected chi connectivity index (χ4v) is 4.97. The molecule has 3 rings (SSSR count). The summed E-state index contributed by atoms with van der Waals surface area (Å²) in [6, 6.07) is 7.15. The van der Waals surface area contributed by atoms with Gasteiger partial charge in [0.15, 0.2) is 0 Å². The lowest BCUT2D eigenvalue weighted by atomic mass is 9.98. The third-order valence-electron chi connectivity index (χ3n) is 5.96. The number of aromatic nitrogens is 2. The maximum Gasteiger partial charge on any atom is 0.333 e. The lowest BCUT2D eigenvalue weighted by Crippen LogP contribution is -2.48. The molecule has 1 aromatic heterocycles. The van der Waals surface area contributed by atoms with Crippen molar-refractivity contribution >= 4 is 28.4 Å². The Hall–Kier alpha value is -3.01. The lowest BCUT2D eigenvalue weighted by Gasteiger charge is -2.39. The number of ether oxygens (including phenoxy) is 1. The molecule has 1 aliphatic heterocycles. The van der Waals surface area contributed by atoms with Crippen molar-refractivity contribution in [1.29, 1.82) is 0 Å². The first kappa shape index (κ1) is 24.6. The highest BCUT2D eigenvalue weighted by atomic mass is 32.2. The quantitative estimate of drug-likeness (QED) is 0.527. The zero-order chi connectivity index (χ0) is 24.3. The Kier molecular flexibility index (Phi) is 7.68. The van der Waals surface area contributed by atoms with Crippen LogP contribution in [0.5, 0.6) is 11.6 Å². The standard InChI is InChI=1S/C23H30N4O5S/c1-14-7-6-8-15(2)27(14)18(28)13-33-20(24-16-9-11-17(32-5)12-10-16)19-21(29)25(3)23(31)26(4)22(19)30/h9-12,14-15,29H,6-8,13H2,1-5H3. The Balaban J connectivity index is 2.02. The van der Waals surface area contributed by atoms with Crippen molar-refractivity contribution in [3.8, 4) is 11.6 Å². The van der Waals surface area contributed by atoms with Crippen LogP contribution in [0.3, 0.4) is 0 Å². The second-order valence-corrected chi connectivity index (χ2v) is 9.20. The summed E-state index contributed by atoms with van der Waals surface area (Å²) in [7, 11) is 4.27. The number of aromatic hydroxyl groups is 1. The molecule has 1 aliphatic rings. The lowest BCUT2D eigenvalue weighted by molar-refractivity contribution is -0.134. The van der Waals surface area contributed by atoms with Crippen LogP contribution >= 0.6 is 11.8 Å². The Labute approximate surface area is 196 Å². The van der Waals surface area contributed by atoms with E-state index in [2.05, 4.69) is 4.99 Å². The van der Waals surface area contributed by atoms with Gasteiger partial charge in [0.1, 0.15) is 16.4 Å². The molecule has 2 heterocycles. The van der Waals surface area contributed by atoms with E-state index in [1.807, 2.05) is 18.7 Å². The van der Waals surface area contributed by atoms with Gasteiger partial charge in [-0.3, -0.25) is 18.7 Å². The number of piperidine rings is 1. The molecule has 0 bridgehead atoms. The minimum absolute atomic E-state index is 0.0507. The van der Waals surface area contributed by atoms with Gasteiger partial charge >= 0.3 is 5.69 Å². The summed E-state index contributed by atoms with van der Waals surface area (Å²) in [5.41, 5.74) is -0.932. The van der Waals surface area contributed by atoms with Crippen molar-refractivity contribution in [1.82, 2.24) is 14.0 Å². The monoisotopic (exact) mass is 474 g/mol. The largest absolute Gasteiger partial charge is 0.497 e. The molecule has 33 heavy (non-hydrogen) atoms. The van der Waals surface area contributed by atoms with Gasteiger partial charge in [0, 0.05) is 26.2 Å². The molecule has 0 spiro atoms. The zero-order valence-corrected chi connectivity index (χ0v) is 20.4. The molecule has 2 unspecified atom stereocenters. The number of hydrogen-bond donors (Lipinski definition) is 1. The van der Waals surface area contributed by atoms with E-state index in [1.54, 1.807) is 31.4 Å². The van der Waals surface area contributed by atoms with Crippen LogP contribution in [0.4, 0.5) is 5.69 Å². The number of benzene rings is 1. The second kappa shape index (κ2) is 10.3. The Morgan fingerprint density at radius 3 is 2.30 bits per heavy atom. The highest BCUT2D eigenvalue weighted by molar-refractivity contribution is 8.15. The van der Waals surface area contributed by atoms with Crippen LogP contribution in [0.15, 0.2) is 38.8 Å². The zero-order valence-electron chi connectivity index (χ0n) is 19.6. The van der Waals surface area contributed by atoms with Crippen molar-refractivity contribution in [3.63, 3.8) is 0 Å². The number of hydrogen-bond acceptors (Lipinski definition) is 7. The maximum absolute atomic E-state index is 13.1. The van der Waals surface area contributed by atoms with Crippen LogP contribution in [0.1, 0.15) is 38.7 Å². The molecule has 1 fully saturated rings. The first-order chi connectivity index (χ1) is 15.6. The number of aliphatic imine (C=N–C) groups is 1. The number of nitrogens with zero attached hydrogens (tertiary/aromatic N) is 4. The summed E-state index contributed by atoms with van der Waals surface area (Å²) in [6.45, 7) is 4.08. The smallest absolute Gasteiger partial charge is 0.333 e. The van der Waals surface area contributed by atoms with Crippen LogP contribution in [0, 0.1) is 0 Å². The van der Waals surface area contributed by atoms with Gasteiger partial charge in [0.05, 0.1) is 18.6 Å².